The summed E-state index contributed by atoms with van der Waals surface area (Å²) in [6.07, 6.45) is 3.26. The van der Waals surface area contributed by atoms with Gasteiger partial charge in [-0.05, 0) is 78.9 Å². The Morgan fingerprint density at radius 2 is 1.62 bits per heavy atom. The van der Waals surface area contributed by atoms with E-state index in [1.807, 2.05) is 18.2 Å². The van der Waals surface area contributed by atoms with Crippen molar-refractivity contribution in [1.82, 2.24) is 0 Å². The molecule has 0 atom stereocenters. The van der Waals surface area contributed by atoms with Crippen molar-refractivity contribution in [3.05, 3.63) is 88.4 Å². The summed E-state index contributed by atoms with van der Waals surface area (Å²) in [6, 6.07) is 18.3. The Balaban J connectivity index is 1.48. The van der Waals surface area contributed by atoms with Crippen molar-refractivity contribution in [2.75, 3.05) is 10.0 Å². The number of nitrogens with one attached hydrogen (secondary N) is 2. The van der Waals surface area contributed by atoms with Gasteiger partial charge in [0.25, 0.3) is 15.9 Å². The smallest absolute Gasteiger partial charge is 0.261 e. The maximum Gasteiger partial charge on any atom is 0.261 e. The molecular formula is C22H19ClN2O3S. The van der Waals surface area contributed by atoms with E-state index in [9.17, 15) is 13.2 Å². The van der Waals surface area contributed by atoms with Gasteiger partial charge in [0.1, 0.15) is 0 Å². The molecule has 148 valence electrons. The Labute approximate surface area is 174 Å². The second-order valence-corrected chi connectivity index (χ2v) is 8.99. The van der Waals surface area contributed by atoms with Crippen LogP contribution in [0.5, 0.6) is 0 Å². The lowest BCUT2D eigenvalue weighted by atomic mass is 10.1. The maximum absolute atomic E-state index is 12.6. The van der Waals surface area contributed by atoms with Gasteiger partial charge in [0.15, 0.2) is 0 Å². The van der Waals surface area contributed by atoms with Gasteiger partial charge in [0, 0.05) is 11.3 Å². The highest BCUT2D eigenvalue weighted by Crippen LogP contribution is 2.26. The summed E-state index contributed by atoms with van der Waals surface area (Å²) < 4.78 is 27.6. The number of fused-ring (bicyclic) bond motifs is 1. The van der Waals surface area contributed by atoms with Gasteiger partial charge in [-0.1, -0.05) is 29.8 Å². The first-order valence-corrected chi connectivity index (χ1v) is 11.1. The molecule has 1 aliphatic rings. The van der Waals surface area contributed by atoms with Crippen LogP contribution >= 0.6 is 11.6 Å². The van der Waals surface area contributed by atoms with E-state index in [1.54, 1.807) is 24.3 Å². The van der Waals surface area contributed by atoms with Gasteiger partial charge in [-0.3, -0.25) is 9.52 Å². The Morgan fingerprint density at radius 1 is 0.897 bits per heavy atom. The zero-order valence-electron chi connectivity index (χ0n) is 15.5. The van der Waals surface area contributed by atoms with Crippen LogP contribution in [-0.2, 0) is 22.9 Å². The Bertz CT molecular complexity index is 1170. The molecule has 5 nitrogen and oxygen atoms in total. The van der Waals surface area contributed by atoms with E-state index in [0.717, 1.165) is 24.9 Å². The van der Waals surface area contributed by atoms with Crippen molar-refractivity contribution < 1.29 is 13.2 Å². The van der Waals surface area contributed by atoms with E-state index >= 15 is 0 Å². The van der Waals surface area contributed by atoms with Crippen LogP contribution in [0.1, 0.15) is 27.9 Å². The van der Waals surface area contributed by atoms with Gasteiger partial charge < -0.3 is 5.32 Å². The normalized spacial score (nSPS) is 13.0. The molecule has 29 heavy (non-hydrogen) atoms. The van der Waals surface area contributed by atoms with Crippen LogP contribution in [0.4, 0.5) is 11.4 Å². The molecule has 1 amide bonds. The summed E-state index contributed by atoms with van der Waals surface area (Å²) in [5.74, 6) is -0.286. The van der Waals surface area contributed by atoms with Crippen molar-refractivity contribution >= 4 is 38.9 Å². The van der Waals surface area contributed by atoms with Crippen LogP contribution in [-0.4, -0.2) is 14.3 Å². The summed E-state index contributed by atoms with van der Waals surface area (Å²) in [7, 11) is -3.81. The van der Waals surface area contributed by atoms with Crippen molar-refractivity contribution in [1.29, 1.82) is 0 Å². The fraction of sp³-hybridized carbons (Fsp3) is 0.136. The van der Waals surface area contributed by atoms with Crippen molar-refractivity contribution in [2.45, 2.75) is 24.2 Å². The molecule has 0 bridgehead atoms. The molecule has 0 spiro atoms. The predicted octanol–water partition coefficient (Wildman–Crippen LogP) is 4.88. The number of benzene rings is 3. The number of halogens is 1. The fourth-order valence-corrected chi connectivity index (χ4v) is 4.70. The van der Waals surface area contributed by atoms with Gasteiger partial charge in [-0.25, -0.2) is 8.42 Å². The highest BCUT2D eigenvalue weighted by molar-refractivity contribution is 7.92. The number of hydrogen-bond acceptors (Lipinski definition) is 3. The first kappa shape index (κ1) is 19.5. The Morgan fingerprint density at radius 3 is 2.38 bits per heavy atom. The molecule has 0 aliphatic heterocycles. The summed E-state index contributed by atoms with van der Waals surface area (Å²) in [5.41, 5.74) is 4.03. The summed E-state index contributed by atoms with van der Waals surface area (Å²) in [4.78, 5) is 12.6. The summed E-state index contributed by atoms with van der Waals surface area (Å²) in [5, 5.41) is 3.18. The number of para-hydroxylation sites is 1. The predicted molar refractivity (Wildman–Crippen MR) is 115 cm³/mol. The minimum atomic E-state index is -3.81. The summed E-state index contributed by atoms with van der Waals surface area (Å²) in [6.45, 7) is 0. The molecule has 0 fully saturated rings. The molecule has 0 heterocycles. The summed E-state index contributed by atoms with van der Waals surface area (Å²) >= 11 is 6.02. The third kappa shape index (κ3) is 4.28. The van der Waals surface area contributed by atoms with Gasteiger partial charge in [0.2, 0.25) is 0 Å². The molecule has 0 unspecified atom stereocenters. The number of aryl methyl sites for hydroxylation is 2. The average Bonchev–Trinajstić information content (AvgIpc) is 3.17. The largest absolute Gasteiger partial charge is 0.322 e. The van der Waals surface area contributed by atoms with Crippen LogP contribution in [0.25, 0.3) is 0 Å². The molecule has 0 aromatic heterocycles. The second-order valence-electron chi connectivity index (χ2n) is 6.90. The SMILES string of the molecule is O=C(Nc1ccc2c(c1)CCC2)c1ccc(S(=O)(=O)Nc2ccccc2Cl)cc1. The van der Waals surface area contributed by atoms with Crippen LogP contribution in [0.2, 0.25) is 5.02 Å². The monoisotopic (exact) mass is 426 g/mol. The van der Waals surface area contributed by atoms with Gasteiger partial charge >= 0.3 is 0 Å². The standard InChI is InChI=1S/C22H19ClN2O3S/c23-20-6-1-2-7-21(20)25-29(27,28)19-12-9-16(10-13-19)22(26)24-18-11-8-15-4-3-5-17(15)14-18/h1-2,6-14,25H,3-5H2,(H,24,26). The minimum absolute atomic E-state index is 0.0477. The number of anilines is 2. The average molecular weight is 427 g/mol. The van der Waals surface area contributed by atoms with Crippen LogP contribution in [0.3, 0.4) is 0 Å². The van der Waals surface area contributed by atoms with Crippen LogP contribution in [0, 0.1) is 0 Å². The zero-order chi connectivity index (χ0) is 20.4. The molecular weight excluding hydrogens is 408 g/mol. The Hall–Kier alpha value is -2.83. The highest BCUT2D eigenvalue weighted by atomic mass is 35.5. The lowest BCUT2D eigenvalue weighted by Crippen LogP contribution is -2.15. The highest BCUT2D eigenvalue weighted by Gasteiger charge is 2.17. The number of carbonyl (C=O) groups excluding carboxylic acids is 1. The van der Waals surface area contributed by atoms with E-state index in [0.29, 0.717) is 16.3 Å². The van der Waals surface area contributed by atoms with Crippen molar-refractivity contribution in [3.8, 4) is 0 Å². The molecule has 3 aromatic carbocycles. The topological polar surface area (TPSA) is 75.3 Å². The molecule has 7 heteroatoms. The second kappa shape index (κ2) is 7.89. The number of carbonyl (C=O) groups is 1. The molecule has 0 saturated heterocycles. The van der Waals surface area contributed by atoms with E-state index < -0.39 is 10.0 Å². The van der Waals surface area contributed by atoms with Crippen LogP contribution in [0.15, 0.2) is 71.6 Å². The minimum Gasteiger partial charge on any atom is -0.322 e. The molecule has 3 aromatic rings. The van der Waals surface area contributed by atoms with Crippen molar-refractivity contribution in [2.24, 2.45) is 0 Å². The number of sulfonamides is 1. The zero-order valence-corrected chi connectivity index (χ0v) is 17.1. The molecule has 4 rings (SSSR count). The van der Waals surface area contributed by atoms with Gasteiger partial charge in [-0.15, -0.1) is 0 Å². The Kier molecular flexibility index (Phi) is 5.30. The van der Waals surface area contributed by atoms with Crippen molar-refractivity contribution in [3.63, 3.8) is 0 Å². The quantitative estimate of drug-likeness (QED) is 0.610. The lowest BCUT2D eigenvalue weighted by molar-refractivity contribution is 0.102. The molecule has 2 N–H and O–H groups in total. The van der Waals surface area contributed by atoms with E-state index in [-0.39, 0.29) is 10.8 Å². The van der Waals surface area contributed by atoms with Gasteiger partial charge in [0.05, 0.1) is 15.6 Å². The third-order valence-electron chi connectivity index (χ3n) is 4.90. The molecule has 0 saturated carbocycles. The number of amides is 1. The molecule has 0 radical (unpaired) electrons. The van der Waals surface area contributed by atoms with E-state index in [4.69, 9.17) is 11.6 Å². The van der Waals surface area contributed by atoms with E-state index in [1.165, 1.54) is 35.4 Å². The van der Waals surface area contributed by atoms with Crippen LogP contribution < -0.4 is 10.0 Å². The number of hydrogen-bond donors (Lipinski definition) is 2. The van der Waals surface area contributed by atoms with E-state index in [2.05, 4.69) is 10.0 Å². The first-order valence-electron chi connectivity index (χ1n) is 9.23. The van der Waals surface area contributed by atoms with Gasteiger partial charge in [-0.2, -0.15) is 0 Å². The molecule has 1 aliphatic carbocycles. The fourth-order valence-electron chi connectivity index (χ4n) is 3.39. The third-order valence-corrected chi connectivity index (χ3v) is 6.61. The maximum atomic E-state index is 12.6. The number of rotatable bonds is 5. The first-order chi connectivity index (χ1) is 13.9. The lowest BCUT2D eigenvalue weighted by Gasteiger charge is -2.11.